The number of phenols is 1. The fourth-order valence-electron chi connectivity index (χ4n) is 3.85. The second-order valence-electron chi connectivity index (χ2n) is 8.05. The van der Waals surface area contributed by atoms with Gasteiger partial charge >= 0.3 is 6.18 Å². The van der Waals surface area contributed by atoms with Gasteiger partial charge in [0.2, 0.25) is 0 Å². The molecule has 5 rings (SSSR count). The first-order valence-corrected chi connectivity index (χ1v) is 14.8. The highest BCUT2D eigenvalue weighted by molar-refractivity contribution is 9.10. The first-order valence-electron chi connectivity index (χ1n) is 10.6. The summed E-state index contributed by atoms with van der Waals surface area (Å²) in [5.74, 6) is 3.76. The van der Waals surface area contributed by atoms with Crippen LogP contribution in [0.5, 0.6) is 5.75 Å². The minimum Gasteiger partial charge on any atom is -0.506 e. The van der Waals surface area contributed by atoms with Crippen molar-refractivity contribution in [1.82, 2.24) is 4.98 Å². The summed E-state index contributed by atoms with van der Waals surface area (Å²) in [6.07, 6.45) is 1.48. The number of fused-ring (bicyclic) bond motifs is 2. The van der Waals surface area contributed by atoms with Crippen LogP contribution in [0.3, 0.4) is 0 Å². The van der Waals surface area contributed by atoms with Crippen LogP contribution in [-0.2, 0) is 15.9 Å². The van der Waals surface area contributed by atoms with E-state index in [1.165, 1.54) is 35.2 Å². The molecule has 1 aromatic heterocycles. The third-order valence-electron chi connectivity index (χ3n) is 5.57. The van der Waals surface area contributed by atoms with Gasteiger partial charge in [-0.1, -0.05) is 64.1 Å². The molecule has 1 aliphatic carbocycles. The summed E-state index contributed by atoms with van der Waals surface area (Å²) >= 11 is 5.70. The van der Waals surface area contributed by atoms with E-state index >= 15 is 0 Å². The molecule has 1 atom stereocenters. The van der Waals surface area contributed by atoms with Crippen LogP contribution in [0.4, 0.5) is 18.9 Å². The summed E-state index contributed by atoms with van der Waals surface area (Å²) in [6.45, 7) is 0. The Hall–Kier alpha value is -2.47. The topological polar surface area (TPSA) is 62.2 Å². The molecule has 186 valence electrons. The highest BCUT2D eigenvalue weighted by Crippen LogP contribution is 2.43. The monoisotopic (exact) mass is 610 g/mol. The smallest absolute Gasteiger partial charge is 0.417 e. The molecule has 0 spiro atoms. The van der Waals surface area contributed by atoms with Crippen molar-refractivity contribution < 1.29 is 22.5 Å². The molecular formula is C25H18BrF3N2O2S3. The largest absolute Gasteiger partial charge is 0.506 e. The Kier molecular flexibility index (Phi) is 6.61. The number of alkyl halides is 3. The Bertz CT molecular complexity index is 1700. The zero-order valence-electron chi connectivity index (χ0n) is 18.4. The average Bonchev–Trinajstić information content (AvgIpc) is 3.24. The molecule has 1 unspecified atom stereocenters. The number of hydrogen-bond donors (Lipinski definition) is 2. The van der Waals surface area contributed by atoms with Gasteiger partial charge in [0.25, 0.3) is 0 Å². The SMILES string of the molecule is C=S(=O)(Nc1cc(Sc2nc3c(s2)=CCCC=3)c(O)c2ccccc12)c1ccc(Br)c(C(F)(F)F)c1. The quantitative estimate of drug-likeness (QED) is 0.203. The number of nitrogens with zero attached hydrogens (tertiary/aromatic N) is 1. The molecule has 2 N–H and O–H groups in total. The van der Waals surface area contributed by atoms with Crippen molar-refractivity contribution in [1.29, 1.82) is 0 Å². The van der Waals surface area contributed by atoms with E-state index in [1.54, 1.807) is 30.3 Å². The second kappa shape index (κ2) is 9.44. The first-order chi connectivity index (χ1) is 17.0. The van der Waals surface area contributed by atoms with E-state index < -0.39 is 21.4 Å². The van der Waals surface area contributed by atoms with Gasteiger partial charge in [-0.3, -0.25) is 0 Å². The maximum atomic E-state index is 13.6. The maximum absolute atomic E-state index is 13.6. The van der Waals surface area contributed by atoms with Crippen LogP contribution >= 0.6 is 39.0 Å². The Balaban J connectivity index is 1.58. The molecule has 0 aliphatic heterocycles. The minimum atomic E-state index is -4.62. The van der Waals surface area contributed by atoms with Gasteiger partial charge in [0, 0.05) is 15.2 Å². The normalized spacial score (nSPS) is 15.0. The second-order valence-corrected chi connectivity index (χ2v) is 13.3. The van der Waals surface area contributed by atoms with E-state index in [-0.39, 0.29) is 15.1 Å². The Morgan fingerprint density at radius 2 is 1.83 bits per heavy atom. The number of aromatic hydroxyl groups is 1. The van der Waals surface area contributed by atoms with Crippen LogP contribution in [0, 0.1) is 0 Å². The highest BCUT2D eigenvalue weighted by Gasteiger charge is 2.33. The molecule has 11 heteroatoms. The van der Waals surface area contributed by atoms with E-state index in [0.717, 1.165) is 33.1 Å². The van der Waals surface area contributed by atoms with Gasteiger partial charge < -0.3 is 9.83 Å². The van der Waals surface area contributed by atoms with Crippen molar-refractivity contribution in [2.45, 2.75) is 33.1 Å². The number of hydrogen-bond acceptors (Lipinski definition) is 5. The molecule has 0 saturated carbocycles. The number of aromatic nitrogens is 1. The maximum Gasteiger partial charge on any atom is 0.417 e. The van der Waals surface area contributed by atoms with Crippen molar-refractivity contribution in [2.24, 2.45) is 0 Å². The molecule has 36 heavy (non-hydrogen) atoms. The summed E-state index contributed by atoms with van der Waals surface area (Å²) in [5, 5.41) is 13.0. The highest BCUT2D eigenvalue weighted by atomic mass is 79.9. The van der Waals surface area contributed by atoms with Gasteiger partial charge in [-0.15, -0.1) is 11.3 Å². The van der Waals surface area contributed by atoms with E-state index in [2.05, 4.69) is 43.7 Å². The summed E-state index contributed by atoms with van der Waals surface area (Å²) in [5.41, 5.74) is -0.562. The fraction of sp³-hybridized carbons (Fsp3) is 0.120. The van der Waals surface area contributed by atoms with Gasteiger partial charge in [-0.05, 0) is 43.0 Å². The Morgan fingerprint density at radius 3 is 2.56 bits per heavy atom. The van der Waals surface area contributed by atoms with E-state index in [9.17, 15) is 22.5 Å². The molecular weight excluding hydrogens is 593 g/mol. The molecule has 4 nitrogen and oxygen atoms in total. The molecule has 3 aromatic carbocycles. The summed E-state index contributed by atoms with van der Waals surface area (Å²) < 4.78 is 58.4. The van der Waals surface area contributed by atoms with Crippen LogP contribution in [-0.4, -0.2) is 20.2 Å². The van der Waals surface area contributed by atoms with Crippen molar-refractivity contribution >= 4 is 83.2 Å². The van der Waals surface area contributed by atoms with Gasteiger partial charge in [-0.2, -0.15) is 13.2 Å². The lowest BCUT2D eigenvalue weighted by Gasteiger charge is -2.18. The lowest BCUT2D eigenvalue weighted by atomic mass is 10.1. The van der Waals surface area contributed by atoms with Crippen LogP contribution < -0.4 is 14.6 Å². The van der Waals surface area contributed by atoms with Gasteiger partial charge in [0.05, 0.1) is 40.6 Å². The van der Waals surface area contributed by atoms with Crippen LogP contribution in [0.1, 0.15) is 18.4 Å². The lowest BCUT2D eigenvalue weighted by Crippen LogP contribution is -2.22. The number of anilines is 1. The van der Waals surface area contributed by atoms with Crippen LogP contribution in [0.25, 0.3) is 22.9 Å². The fourth-order valence-corrected chi connectivity index (χ4v) is 7.74. The number of phenolic OH excluding ortho intramolecular Hbond substituents is 1. The molecule has 0 bridgehead atoms. The zero-order valence-corrected chi connectivity index (χ0v) is 22.5. The number of thiazole rings is 1. The minimum absolute atomic E-state index is 0.0424. The molecule has 4 aromatic rings. The standard InChI is InChI=1S/C25H18BrF3N2O2S3/c1-36(33,14-10-11-18(26)17(12-14)25(27,28)29)31-20-13-22(23(32)16-7-3-2-6-15(16)20)35-24-30-19-8-4-5-9-21(19)34-24/h2-3,6-13,32H,1,4-5H2,(H,31,33). The number of benzene rings is 3. The van der Waals surface area contributed by atoms with Crippen molar-refractivity contribution in [3.63, 3.8) is 0 Å². The molecule has 1 heterocycles. The summed E-state index contributed by atoms with van der Waals surface area (Å²) in [6, 6.07) is 12.0. The number of nitrogens with one attached hydrogen (secondary N) is 1. The van der Waals surface area contributed by atoms with Crippen LogP contribution in [0.15, 0.2) is 67.1 Å². The zero-order chi connectivity index (χ0) is 25.7. The molecule has 1 aliphatic rings. The Morgan fingerprint density at radius 1 is 1.11 bits per heavy atom. The number of halogens is 4. The molecule has 0 radical (unpaired) electrons. The summed E-state index contributed by atoms with van der Waals surface area (Å²) in [4.78, 5) is 5.03. The molecule has 0 fully saturated rings. The van der Waals surface area contributed by atoms with Crippen molar-refractivity contribution in [3.8, 4) is 5.75 Å². The van der Waals surface area contributed by atoms with E-state index in [1.807, 2.05) is 0 Å². The Labute approximate surface area is 221 Å². The van der Waals surface area contributed by atoms with Gasteiger partial charge in [0.1, 0.15) is 5.75 Å². The predicted octanol–water partition coefficient (Wildman–Crippen LogP) is 6.39. The average molecular weight is 612 g/mol. The van der Waals surface area contributed by atoms with Crippen LogP contribution in [0.2, 0.25) is 0 Å². The first kappa shape index (κ1) is 25.2. The van der Waals surface area contributed by atoms with Crippen molar-refractivity contribution in [3.05, 3.63) is 68.4 Å². The van der Waals surface area contributed by atoms with Gasteiger partial charge in [-0.25, -0.2) is 9.19 Å². The van der Waals surface area contributed by atoms with Crippen molar-refractivity contribution in [2.75, 3.05) is 4.72 Å². The number of rotatable bonds is 5. The summed E-state index contributed by atoms with van der Waals surface area (Å²) in [7, 11) is -3.39. The predicted molar refractivity (Wildman–Crippen MR) is 146 cm³/mol. The third kappa shape index (κ3) is 4.89. The van der Waals surface area contributed by atoms with E-state index in [0.29, 0.717) is 21.4 Å². The third-order valence-corrected chi connectivity index (χ3v) is 9.99. The van der Waals surface area contributed by atoms with E-state index in [4.69, 9.17) is 0 Å². The molecule has 0 amide bonds. The lowest BCUT2D eigenvalue weighted by molar-refractivity contribution is -0.138. The molecule has 0 saturated heterocycles. The van der Waals surface area contributed by atoms with Gasteiger partial charge in [0.15, 0.2) is 4.34 Å².